The highest BCUT2D eigenvalue weighted by Crippen LogP contribution is 2.37. The third-order valence-electron chi connectivity index (χ3n) is 1.36. The van der Waals surface area contributed by atoms with Crippen molar-refractivity contribution in [2.24, 2.45) is 0 Å². The molecule has 0 spiro atoms. The highest BCUT2D eigenvalue weighted by Gasteiger charge is 2.34. The Morgan fingerprint density at radius 2 is 2.08 bits per heavy atom. The summed E-state index contributed by atoms with van der Waals surface area (Å²) in [4.78, 5) is 3.70. The van der Waals surface area contributed by atoms with Gasteiger partial charge in [0.2, 0.25) is 0 Å². The quantitative estimate of drug-likeness (QED) is 0.682. The van der Waals surface area contributed by atoms with Crippen LogP contribution in [0, 0.1) is 0 Å². The molecule has 0 bridgehead atoms. The van der Waals surface area contributed by atoms with E-state index in [0.29, 0.717) is 0 Å². The summed E-state index contributed by atoms with van der Waals surface area (Å²) in [5.74, 6) is 0. The average Bonchev–Trinajstić information content (AvgIpc) is 2.02. The monoisotopic (exact) mass is 227 g/mol. The molecule has 0 aliphatic carbocycles. The van der Waals surface area contributed by atoms with Gasteiger partial charge in [-0.1, -0.05) is 11.6 Å². The molecule has 0 aromatic carbocycles. The van der Waals surface area contributed by atoms with Crippen molar-refractivity contribution in [3.63, 3.8) is 0 Å². The van der Waals surface area contributed by atoms with Gasteiger partial charge in [0, 0.05) is 6.20 Å². The molecular weight excluding hydrogens is 223 g/mol. The maximum atomic E-state index is 12.2. The fraction of sp³-hybridized carbons (Fsp3) is 0.286. The van der Waals surface area contributed by atoms with Crippen molar-refractivity contribution in [2.75, 3.05) is 6.26 Å². The Bertz CT molecular complexity index is 313. The van der Waals surface area contributed by atoms with Crippen LogP contribution in [-0.2, 0) is 6.18 Å². The Kier molecular flexibility index (Phi) is 3.08. The molecule has 0 amide bonds. The number of thioether (sulfide) groups is 1. The van der Waals surface area contributed by atoms with Crippen LogP contribution >= 0.6 is 23.4 Å². The maximum absolute atomic E-state index is 12.2. The van der Waals surface area contributed by atoms with Gasteiger partial charge in [-0.2, -0.15) is 13.2 Å². The topological polar surface area (TPSA) is 12.9 Å². The molecule has 1 heterocycles. The van der Waals surface area contributed by atoms with Gasteiger partial charge in [0.25, 0.3) is 0 Å². The SMILES string of the molecule is CSc1nccc(C(F)(F)F)c1Cl. The number of pyridine rings is 1. The van der Waals surface area contributed by atoms with E-state index in [0.717, 1.165) is 24.0 Å². The molecule has 1 aromatic rings. The van der Waals surface area contributed by atoms with Gasteiger partial charge < -0.3 is 0 Å². The Hall–Kier alpha value is -0.420. The first-order valence-corrected chi connectivity index (χ1v) is 4.82. The summed E-state index contributed by atoms with van der Waals surface area (Å²) in [7, 11) is 0. The first-order chi connectivity index (χ1) is 5.96. The third kappa shape index (κ3) is 2.28. The van der Waals surface area contributed by atoms with E-state index >= 15 is 0 Å². The van der Waals surface area contributed by atoms with Crippen LogP contribution in [0.25, 0.3) is 0 Å². The summed E-state index contributed by atoms with van der Waals surface area (Å²) in [5.41, 5.74) is -0.839. The fourth-order valence-corrected chi connectivity index (χ4v) is 1.69. The van der Waals surface area contributed by atoms with Gasteiger partial charge in [-0.3, -0.25) is 0 Å². The Morgan fingerprint density at radius 1 is 1.46 bits per heavy atom. The van der Waals surface area contributed by atoms with E-state index in [1.165, 1.54) is 0 Å². The molecule has 1 rings (SSSR count). The van der Waals surface area contributed by atoms with Crippen molar-refractivity contribution in [1.82, 2.24) is 4.98 Å². The van der Waals surface area contributed by atoms with E-state index in [1.54, 1.807) is 6.26 Å². The zero-order chi connectivity index (χ0) is 10.1. The fourth-order valence-electron chi connectivity index (χ4n) is 0.786. The number of nitrogens with zero attached hydrogens (tertiary/aromatic N) is 1. The van der Waals surface area contributed by atoms with Gasteiger partial charge in [0.05, 0.1) is 10.6 Å². The third-order valence-corrected chi connectivity index (χ3v) is 2.55. The van der Waals surface area contributed by atoms with Crippen molar-refractivity contribution in [2.45, 2.75) is 11.2 Å². The van der Waals surface area contributed by atoms with Gasteiger partial charge in [-0.05, 0) is 12.3 Å². The predicted octanol–water partition coefficient (Wildman–Crippen LogP) is 3.48. The Balaban J connectivity index is 3.24. The second-order valence-corrected chi connectivity index (χ2v) is 3.35. The first kappa shape index (κ1) is 10.7. The van der Waals surface area contributed by atoms with E-state index in [9.17, 15) is 13.2 Å². The number of hydrogen-bond acceptors (Lipinski definition) is 2. The second kappa shape index (κ2) is 3.75. The van der Waals surface area contributed by atoms with Gasteiger partial charge in [0.1, 0.15) is 5.03 Å². The Morgan fingerprint density at radius 3 is 2.54 bits per heavy atom. The average molecular weight is 228 g/mol. The number of alkyl halides is 3. The van der Waals surface area contributed by atoms with Gasteiger partial charge in [0.15, 0.2) is 0 Å². The highest BCUT2D eigenvalue weighted by molar-refractivity contribution is 7.98. The summed E-state index contributed by atoms with van der Waals surface area (Å²) < 4.78 is 36.7. The minimum atomic E-state index is -4.41. The van der Waals surface area contributed by atoms with Crippen LogP contribution in [0.3, 0.4) is 0 Å². The summed E-state index contributed by atoms with van der Waals surface area (Å²) in [6.07, 6.45) is -1.70. The van der Waals surface area contributed by atoms with Crippen molar-refractivity contribution >= 4 is 23.4 Å². The summed E-state index contributed by atoms with van der Waals surface area (Å²) >= 11 is 6.57. The van der Waals surface area contributed by atoms with Crippen LogP contribution in [0.2, 0.25) is 5.02 Å². The number of halogens is 4. The minimum Gasteiger partial charge on any atom is -0.248 e. The molecule has 1 aromatic heterocycles. The lowest BCUT2D eigenvalue weighted by Gasteiger charge is -2.09. The lowest BCUT2D eigenvalue weighted by atomic mass is 10.2. The Labute approximate surface area is 82.3 Å². The van der Waals surface area contributed by atoms with E-state index in [2.05, 4.69) is 4.98 Å². The molecule has 0 unspecified atom stereocenters. The van der Waals surface area contributed by atoms with Crippen LogP contribution in [0.15, 0.2) is 17.3 Å². The second-order valence-electron chi connectivity index (χ2n) is 2.18. The van der Waals surface area contributed by atoms with Crippen molar-refractivity contribution < 1.29 is 13.2 Å². The maximum Gasteiger partial charge on any atom is 0.417 e. The van der Waals surface area contributed by atoms with E-state index < -0.39 is 11.7 Å². The molecule has 0 saturated heterocycles. The molecule has 6 heteroatoms. The van der Waals surface area contributed by atoms with Gasteiger partial charge >= 0.3 is 6.18 Å². The summed E-state index contributed by atoms with van der Waals surface area (Å²) in [6, 6.07) is 0.863. The number of rotatable bonds is 1. The largest absolute Gasteiger partial charge is 0.417 e. The standard InChI is InChI=1S/C7H5ClF3NS/c1-13-6-5(8)4(2-3-12-6)7(9,10)11/h2-3H,1H3. The number of aromatic nitrogens is 1. The highest BCUT2D eigenvalue weighted by atomic mass is 35.5. The van der Waals surface area contributed by atoms with E-state index in [4.69, 9.17) is 11.6 Å². The molecule has 72 valence electrons. The zero-order valence-electron chi connectivity index (χ0n) is 6.52. The summed E-state index contributed by atoms with van der Waals surface area (Å²) in [5, 5.41) is -0.140. The van der Waals surface area contributed by atoms with Gasteiger partial charge in [-0.15, -0.1) is 11.8 Å². The predicted molar refractivity (Wildman–Crippen MR) is 46.0 cm³/mol. The molecule has 0 N–H and O–H groups in total. The smallest absolute Gasteiger partial charge is 0.248 e. The van der Waals surface area contributed by atoms with Crippen LogP contribution < -0.4 is 0 Å². The lowest BCUT2D eigenvalue weighted by Crippen LogP contribution is -2.06. The lowest BCUT2D eigenvalue weighted by molar-refractivity contribution is -0.137. The molecule has 0 atom stereocenters. The first-order valence-electron chi connectivity index (χ1n) is 3.22. The van der Waals surface area contributed by atoms with Crippen molar-refractivity contribution in [3.05, 3.63) is 22.8 Å². The van der Waals surface area contributed by atoms with Gasteiger partial charge in [-0.25, -0.2) is 4.98 Å². The van der Waals surface area contributed by atoms with E-state index in [1.807, 2.05) is 0 Å². The molecule has 0 aliphatic heterocycles. The molecule has 0 aliphatic rings. The van der Waals surface area contributed by atoms with Crippen LogP contribution in [0.5, 0.6) is 0 Å². The molecular formula is C7H5ClF3NS. The van der Waals surface area contributed by atoms with Crippen molar-refractivity contribution in [1.29, 1.82) is 0 Å². The molecule has 0 radical (unpaired) electrons. The minimum absolute atomic E-state index is 0.191. The van der Waals surface area contributed by atoms with Crippen LogP contribution in [0.1, 0.15) is 5.56 Å². The molecule has 13 heavy (non-hydrogen) atoms. The van der Waals surface area contributed by atoms with Crippen LogP contribution in [0.4, 0.5) is 13.2 Å². The van der Waals surface area contributed by atoms with Crippen LogP contribution in [-0.4, -0.2) is 11.2 Å². The molecule has 0 fully saturated rings. The van der Waals surface area contributed by atoms with Crippen molar-refractivity contribution in [3.8, 4) is 0 Å². The zero-order valence-corrected chi connectivity index (χ0v) is 8.09. The molecule has 0 saturated carbocycles. The van der Waals surface area contributed by atoms with E-state index in [-0.39, 0.29) is 10.0 Å². The molecule has 1 nitrogen and oxygen atoms in total. The summed E-state index contributed by atoms with van der Waals surface area (Å²) in [6.45, 7) is 0. The normalized spacial score (nSPS) is 11.8. The number of hydrogen-bond donors (Lipinski definition) is 0.